The van der Waals surface area contributed by atoms with E-state index in [0.717, 1.165) is 16.2 Å². The van der Waals surface area contributed by atoms with Gasteiger partial charge in [-0.15, -0.1) is 11.3 Å². The second kappa shape index (κ2) is 6.90. The number of hydrogen-bond donors (Lipinski definition) is 1. The third-order valence-electron chi connectivity index (χ3n) is 2.78. The molecule has 1 N–H and O–H groups in total. The maximum Gasteiger partial charge on any atom is 0.350 e. The van der Waals surface area contributed by atoms with E-state index in [4.69, 9.17) is 9.47 Å². The molecule has 2 aromatic rings. The largest absolute Gasteiger partial charge is 0.497 e. The van der Waals surface area contributed by atoms with Crippen LogP contribution in [0, 0.1) is 0 Å². The third kappa shape index (κ3) is 3.41. The van der Waals surface area contributed by atoms with Gasteiger partial charge in [-0.1, -0.05) is 0 Å². The minimum absolute atomic E-state index is 0.287. The highest BCUT2D eigenvalue weighted by Crippen LogP contribution is 2.35. The monoisotopic (exact) mass is 305 g/mol. The second-order valence-corrected chi connectivity index (χ2v) is 5.12. The van der Waals surface area contributed by atoms with Crippen molar-refractivity contribution >= 4 is 29.4 Å². The lowest BCUT2D eigenvalue weighted by molar-refractivity contribution is -0.105. The zero-order valence-electron chi connectivity index (χ0n) is 11.7. The molecule has 1 aromatic heterocycles. The number of amides is 1. The summed E-state index contributed by atoms with van der Waals surface area (Å²) in [6, 6.07) is 9.22. The SMILES string of the molecule is CCOC(=O)c1sc(-c2ccc(OC)cc2)cc1NC=O. The Morgan fingerprint density at radius 1 is 1.33 bits per heavy atom. The van der Waals surface area contributed by atoms with Gasteiger partial charge in [0, 0.05) is 4.88 Å². The Morgan fingerprint density at radius 3 is 2.62 bits per heavy atom. The summed E-state index contributed by atoms with van der Waals surface area (Å²) >= 11 is 1.28. The molecule has 0 fully saturated rings. The smallest absolute Gasteiger partial charge is 0.350 e. The Labute approximate surface area is 126 Å². The number of ether oxygens (including phenoxy) is 2. The van der Waals surface area contributed by atoms with E-state index in [9.17, 15) is 9.59 Å². The number of hydrogen-bond acceptors (Lipinski definition) is 5. The predicted octanol–water partition coefficient (Wildman–Crippen LogP) is 3.17. The first-order valence-electron chi connectivity index (χ1n) is 6.35. The molecular formula is C15H15NO4S. The van der Waals surface area contributed by atoms with Crippen molar-refractivity contribution in [3.8, 4) is 16.2 Å². The zero-order valence-corrected chi connectivity index (χ0v) is 12.5. The summed E-state index contributed by atoms with van der Waals surface area (Å²) in [5.74, 6) is 0.318. The first-order chi connectivity index (χ1) is 10.2. The average Bonchev–Trinajstić information content (AvgIpc) is 2.92. The number of esters is 1. The van der Waals surface area contributed by atoms with E-state index in [2.05, 4.69) is 5.32 Å². The number of anilines is 1. The molecule has 0 aliphatic carbocycles. The molecule has 1 heterocycles. The lowest BCUT2D eigenvalue weighted by Gasteiger charge is -2.01. The highest BCUT2D eigenvalue weighted by Gasteiger charge is 2.18. The van der Waals surface area contributed by atoms with Crippen LogP contribution >= 0.6 is 11.3 Å². The summed E-state index contributed by atoms with van der Waals surface area (Å²) in [6.07, 6.45) is 0.544. The lowest BCUT2D eigenvalue weighted by Crippen LogP contribution is -2.05. The highest BCUT2D eigenvalue weighted by molar-refractivity contribution is 7.18. The maximum atomic E-state index is 11.9. The number of carbonyl (C=O) groups is 2. The molecule has 0 spiro atoms. The summed E-state index contributed by atoms with van der Waals surface area (Å²) in [7, 11) is 1.60. The Bertz CT molecular complexity index is 634. The van der Waals surface area contributed by atoms with E-state index in [1.165, 1.54) is 11.3 Å². The van der Waals surface area contributed by atoms with Crippen LogP contribution in [0.15, 0.2) is 30.3 Å². The molecule has 0 saturated heterocycles. The fourth-order valence-corrected chi connectivity index (χ4v) is 2.83. The normalized spacial score (nSPS) is 10.0. The molecular weight excluding hydrogens is 290 g/mol. The second-order valence-electron chi connectivity index (χ2n) is 4.06. The number of carbonyl (C=O) groups excluding carboxylic acids is 2. The van der Waals surface area contributed by atoms with Gasteiger partial charge in [0.15, 0.2) is 0 Å². The molecule has 0 unspecified atom stereocenters. The molecule has 0 saturated carbocycles. The van der Waals surface area contributed by atoms with Crippen molar-refractivity contribution in [2.75, 3.05) is 19.0 Å². The van der Waals surface area contributed by atoms with Crippen LogP contribution in [0.3, 0.4) is 0 Å². The van der Waals surface area contributed by atoms with Crippen molar-refractivity contribution in [1.29, 1.82) is 0 Å². The predicted molar refractivity (Wildman–Crippen MR) is 82.0 cm³/mol. The Hall–Kier alpha value is -2.34. The van der Waals surface area contributed by atoms with Crippen LogP contribution in [0.2, 0.25) is 0 Å². The van der Waals surface area contributed by atoms with Crippen molar-refractivity contribution in [2.24, 2.45) is 0 Å². The molecule has 21 heavy (non-hydrogen) atoms. The topological polar surface area (TPSA) is 64.6 Å². The van der Waals surface area contributed by atoms with Crippen molar-refractivity contribution in [1.82, 2.24) is 0 Å². The van der Waals surface area contributed by atoms with Gasteiger partial charge in [0.2, 0.25) is 6.41 Å². The molecule has 2 rings (SSSR count). The maximum absolute atomic E-state index is 11.9. The minimum atomic E-state index is -0.438. The van der Waals surface area contributed by atoms with E-state index >= 15 is 0 Å². The van der Waals surface area contributed by atoms with Crippen molar-refractivity contribution in [3.05, 3.63) is 35.2 Å². The van der Waals surface area contributed by atoms with E-state index in [0.29, 0.717) is 17.0 Å². The van der Waals surface area contributed by atoms with Crippen LogP contribution in [-0.2, 0) is 9.53 Å². The lowest BCUT2D eigenvalue weighted by atomic mass is 10.2. The standard InChI is InChI=1S/C15H15NO4S/c1-3-20-15(18)14-12(16-9-17)8-13(21-14)10-4-6-11(19-2)7-5-10/h4-9H,3H2,1-2H3,(H,16,17). The average molecular weight is 305 g/mol. The summed E-state index contributed by atoms with van der Waals surface area (Å²) in [5.41, 5.74) is 1.39. The molecule has 0 atom stereocenters. The Kier molecular flexibility index (Phi) is 4.94. The molecule has 110 valence electrons. The van der Waals surface area contributed by atoms with Crippen LogP contribution in [0.1, 0.15) is 16.6 Å². The number of benzene rings is 1. The number of methoxy groups -OCH3 is 1. The van der Waals surface area contributed by atoms with Crippen LogP contribution in [-0.4, -0.2) is 26.1 Å². The molecule has 6 heteroatoms. The summed E-state index contributed by atoms with van der Waals surface area (Å²) in [5, 5.41) is 2.53. The Balaban J connectivity index is 2.37. The molecule has 0 aliphatic heterocycles. The van der Waals surface area contributed by atoms with Crippen molar-refractivity contribution in [2.45, 2.75) is 6.92 Å². The summed E-state index contributed by atoms with van der Waals surface area (Å²) in [6.45, 7) is 2.03. The van der Waals surface area contributed by atoms with Crippen LogP contribution < -0.4 is 10.1 Å². The Morgan fingerprint density at radius 2 is 2.05 bits per heavy atom. The fourth-order valence-electron chi connectivity index (χ4n) is 1.81. The van der Waals surface area contributed by atoms with Crippen LogP contribution in [0.5, 0.6) is 5.75 Å². The zero-order chi connectivity index (χ0) is 15.2. The van der Waals surface area contributed by atoms with Crippen LogP contribution in [0.4, 0.5) is 5.69 Å². The first-order valence-corrected chi connectivity index (χ1v) is 7.16. The molecule has 0 bridgehead atoms. The van der Waals surface area contributed by atoms with Gasteiger partial charge >= 0.3 is 5.97 Å². The molecule has 1 amide bonds. The first kappa shape index (κ1) is 15.1. The number of thiophene rings is 1. The van der Waals surface area contributed by atoms with Gasteiger partial charge in [-0.25, -0.2) is 4.79 Å². The van der Waals surface area contributed by atoms with Crippen molar-refractivity contribution in [3.63, 3.8) is 0 Å². The third-order valence-corrected chi connectivity index (χ3v) is 3.95. The van der Waals surface area contributed by atoms with Gasteiger partial charge < -0.3 is 14.8 Å². The molecule has 1 aromatic carbocycles. The number of rotatable bonds is 6. The van der Waals surface area contributed by atoms with Gasteiger partial charge in [0.05, 0.1) is 19.4 Å². The number of nitrogens with one attached hydrogen (secondary N) is 1. The van der Waals surface area contributed by atoms with Crippen LogP contribution in [0.25, 0.3) is 10.4 Å². The van der Waals surface area contributed by atoms with Gasteiger partial charge in [-0.3, -0.25) is 4.79 Å². The van der Waals surface area contributed by atoms with Gasteiger partial charge in [0.1, 0.15) is 10.6 Å². The van der Waals surface area contributed by atoms with Gasteiger partial charge in [-0.05, 0) is 42.8 Å². The summed E-state index contributed by atoms with van der Waals surface area (Å²) in [4.78, 5) is 23.8. The van der Waals surface area contributed by atoms with Gasteiger partial charge in [-0.2, -0.15) is 0 Å². The molecule has 5 nitrogen and oxygen atoms in total. The minimum Gasteiger partial charge on any atom is -0.497 e. The quantitative estimate of drug-likeness (QED) is 0.657. The van der Waals surface area contributed by atoms with E-state index in [-0.39, 0.29) is 6.61 Å². The summed E-state index contributed by atoms with van der Waals surface area (Å²) < 4.78 is 10.1. The highest BCUT2D eigenvalue weighted by atomic mass is 32.1. The van der Waals surface area contributed by atoms with Crippen molar-refractivity contribution < 1.29 is 19.1 Å². The molecule has 0 radical (unpaired) electrons. The fraction of sp³-hybridized carbons (Fsp3) is 0.200. The van der Waals surface area contributed by atoms with E-state index in [1.807, 2.05) is 24.3 Å². The molecule has 0 aliphatic rings. The van der Waals surface area contributed by atoms with E-state index in [1.54, 1.807) is 20.1 Å². The van der Waals surface area contributed by atoms with E-state index < -0.39 is 5.97 Å². The van der Waals surface area contributed by atoms with Gasteiger partial charge in [0.25, 0.3) is 0 Å².